The Morgan fingerprint density at radius 2 is 1.57 bits per heavy atom. The van der Waals surface area contributed by atoms with Crippen LogP contribution in [0.5, 0.6) is 0 Å². The van der Waals surface area contributed by atoms with Crippen molar-refractivity contribution in [3.8, 4) is 0 Å². The van der Waals surface area contributed by atoms with E-state index in [0.717, 1.165) is 24.0 Å². The highest BCUT2D eigenvalue weighted by Crippen LogP contribution is 2.23. The predicted octanol–water partition coefficient (Wildman–Crippen LogP) is 5.08. The molecule has 1 heteroatoms. The molecule has 1 nitrogen and oxygen atoms in total. The van der Waals surface area contributed by atoms with Crippen LogP contribution in [0.25, 0.3) is 0 Å². The zero-order valence-electron chi connectivity index (χ0n) is 14.5. The van der Waals surface area contributed by atoms with Gasteiger partial charge in [0.15, 0.2) is 0 Å². The molecule has 1 N–H and O–H groups in total. The average Bonchev–Trinajstić information content (AvgIpc) is 2.53. The van der Waals surface area contributed by atoms with E-state index in [4.69, 9.17) is 0 Å². The second kappa shape index (κ2) is 7.61. The zero-order chi connectivity index (χ0) is 16.9. The number of aryl methyl sites for hydroxylation is 1. The van der Waals surface area contributed by atoms with Crippen LogP contribution in [-0.2, 0) is 18.3 Å². The number of aliphatic hydroxyl groups is 1. The molecule has 0 aromatic heterocycles. The van der Waals surface area contributed by atoms with Crippen molar-refractivity contribution in [2.45, 2.75) is 51.6 Å². The summed E-state index contributed by atoms with van der Waals surface area (Å²) in [4.78, 5) is 0. The van der Waals surface area contributed by atoms with Crippen LogP contribution >= 0.6 is 0 Å². The van der Waals surface area contributed by atoms with E-state index in [1.165, 1.54) is 11.1 Å². The van der Waals surface area contributed by atoms with Crippen molar-refractivity contribution in [3.05, 3.63) is 83.4 Å². The van der Waals surface area contributed by atoms with Crippen molar-refractivity contribution < 1.29 is 5.11 Å². The molecule has 2 aromatic carbocycles. The Bertz CT molecular complexity index is 617. The van der Waals surface area contributed by atoms with Gasteiger partial charge in [0.05, 0.1) is 6.10 Å². The van der Waals surface area contributed by atoms with E-state index in [1.807, 2.05) is 18.2 Å². The lowest BCUT2D eigenvalue weighted by Crippen LogP contribution is -2.15. The van der Waals surface area contributed by atoms with Crippen molar-refractivity contribution in [1.29, 1.82) is 0 Å². The van der Waals surface area contributed by atoms with Gasteiger partial charge in [-0.2, -0.15) is 0 Å². The third-order valence-corrected chi connectivity index (χ3v) is 4.30. The molecule has 1 atom stereocenters. The SMILES string of the molecule is C=C(CCc1ccccc1)[C@H](O)Cc1ccc(C(C)(C)C)cc1. The summed E-state index contributed by atoms with van der Waals surface area (Å²) in [7, 11) is 0. The van der Waals surface area contributed by atoms with Crippen LogP contribution in [0.2, 0.25) is 0 Å². The molecule has 0 fully saturated rings. The van der Waals surface area contributed by atoms with Gasteiger partial charge < -0.3 is 5.11 Å². The fourth-order valence-corrected chi connectivity index (χ4v) is 2.62. The minimum absolute atomic E-state index is 0.163. The van der Waals surface area contributed by atoms with Crippen molar-refractivity contribution in [2.24, 2.45) is 0 Å². The van der Waals surface area contributed by atoms with Gasteiger partial charge in [0.25, 0.3) is 0 Å². The fraction of sp³-hybridized carbons (Fsp3) is 0.364. The van der Waals surface area contributed by atoms with Gasteiger partial charge in [0.1, 0.15) is 0 Å². The summed E-state index contributed by atoms with van der Waals surface area (Å²) in [6.45, 7) is 10.7. The molecule has 0 saturated heterocycles. The molecule has 2 rings (SSSR count). The number of hydrogen-bond donors (Lipinski definition) is 1. The van der Waals surface area contributed by atoms with Gasteiger partial charge in [0, 0.05) is 6.42 Å². The van der Waals surface area contributed by atoms with E-state index < -0.39 is 6.10 Å². The molecule has 0 spiro atoms. The van der Waals surface area contributed by atoms with Crippen LogP contribution in [0.1, 0.15) is 43.9 Å². The van der Waals surface area contributed by atoms with Gasteiger partial charge in [-0.25, -0.2) is 0 Å². The van der Waals surface area contributed by atoms with Crippen LogP contribution in [0.15, 0.2) is 66.7 Å². The summed E-state index contributed by atoms with van der Waals surface area (Å²) in [5, 5.41) is 10.4. The van der Waals surface area contributed by atoms with Gasteiger partial charge in [-0.3, -0.25) is 0 Å². The van der Waals surface area contributed by atoms with Gasteiger partial charge in [0.2, 0.25) is 0 Å². The first-order chi connectivity index (χ1) is 10.9. The van der Waals surface area contributed by atoms with Gasteiger partial charge in [-0.1, -0.05) is 81.9 Å². The van der Waals surface area contributed by atoms with Gasteiger partial charge in [-0.05, 0) is 40.5 Å². The third kappa shape index (κ3) is 5.37. The summed E-state index contributed by atoms with van der Waals surface area (Å²) in [5.41, 5.74) is 4.84. The maximum atomic E-state index is 10.4. The first-order valence-electron chi connectivity index (χ1n) is 8.35. The standard InChI is InChI=1S/C22H28O/c1-17(10-11-18-8-6-5-7-9-18)21(23)16-19-12-14-20(15-13-19)22(2,3)4/h5-9,12-15,21,23H,1,10-11,16H2,2-4H3/t21-/m1/s1. The molecule has 0 radical (unpaired) electrons. The molecule has 0 amide bonds. The fourth-order valence-electron chi connectivity index (χ4n) is 2.62. The minimum atomic E-state index is -0.473. The van der Waals surface area contributed by atoms with E-state index in [2.05, 4.69) is 63.7 Å². The molecule has 0 bridgehead atoms. The summed E-state index contributed by atoms with van der Waals surface area (Å²) >= 11 is 0. The Kier molecular flexibility index (Phi) is 5.79. The van der Waals surface area contributed by atoms with E-state index in [9.17, 15) is 5.11 Å². The Labute approximate surface area is 140 Å². The van der Waals surface area contributed by atoms with E-state index in [0.29, 0.717) is 6.42 Å². The van der Waals surface area contributed by atoms with Crippen molar-refractivity contribution >= 4 is 0 Å². The second-order valence-electron chi connectivity index (χ2n) is 7.31. The molecule has 23 heavy (non-hydrogen) atoms. The number of aliphatic hydroxyl groups excluding tert-OH is 1. The number of hydrogen-bond acceptors (Lipinski definition) is 1. The lowest BCUT2D eigenvalue weighted by atomic mass is 9.86. The van der Waals surface area contributed by atoms with Crippen LogP contribution in [0.4, 0.5) is 0 Å². The maximum Gasteiger partial charge on any atom is 0.0787 e. The highest BCUT2D eigenvalue weighted by Gasteiger charge is 2.14. The van der Waals surface area contributed by atoms with Gasteiger partial charge >= 0.3 is 0 Å². The molecule has 0 aliphatic heterocycles. The molecule has 0 unspecified atom stereocenters. The van der Waals surface area contributed by atoms with Crippen molar-refractivity contribution in [3.63, 3.8) is 0 Å². The lowest BCUT2D eigenvalue weighted by molar-refractivity contribution is 0.207. The largest absolute Gasteiger partial charge is 0.388 e. The number of rotatable bonds is 6. The first kappa shape index (κ1) is 17.5. The second-order valence-corrected chi connectivity index (χ2v) is 7.31. The van der Waals surface area contributed by atoms with E-state index in [-0.39, 0.29) is 5.41 Å². The van der Waals surface area contributed by atoms with E-state index >= 15 is 0 Å². The van der Waals surface area contributed by atoms with Crippen LogP contribution < -0.4 is 0 Å². The first-order valence-corrected chi connectivity index (χ1v) is 8.35. The summed E-state index contributed by atoms with van der Waals surface area (Å²) in [6, 6.07) is 18.9. The molecule has 122 valence electrons. The number of benzene rings is 2. The Morgan fingerprint density at radius 3 is 2.13 bits per heavy atom. The highest BCUT2D eigenvalue weighted by molar-refractivity contribution is 5.28. The summed E-state index contributed by atoms with van der Waals surface area (Å²) < 4.78 is 0. The van der Waals surface area contributed by atoms with Gasteiger partial charge in [-0.15, -0.1) is 0 Å². The summed E-state index contributed by atoms with van der Waals surface area (Å²) in [5.74, 6) is 0. The average molecular weight is 308 g/mol. The molecule has 2 aromatic rings. The van der Waals surface area contributed by atoms with Crippen LogP contribution in [0.3, 0.4) is 0 Å². The quantitative estimate of drug-likeness (QED) is 0.738. The zero-order valence-corrected chi connectivity index (χ0v) is 14.5. The van der Waals surface area contributed by atoms with Crippen molar-refractivity contribution in [1.82, 2.24) is 0 Å². The molecular formula is C22H28O. The van der Waals surface area contributed by atoms with Crippen LogP contribution in [0, 0.1) is 0 Å². The Hall–Kier alpha value is -1.86. The molecule has 0 aliphatic rings. The Balaban J connectivity index is 1.88. The molecule has 0 aliphatic carbocycles. The van der Waals surface area contributed by atoms with Crippen LogP contribution in [-0.4, -0.2) is 11.2 Å². The highest BCUT2D eigenvalue weighted by atomic mass is 16.3. The molecule has 0 saturated carbocycles. The summed E-state index contributed by atoms with van der Waals surface area (Å²) in [6.07, 6.45) is 1.92. The van der Waals surface area contributed by atoms with E-state index in [1.54, 1.807) is 0 Å². The topological polar surface area (TPSA) is 20.2 Å². The lowest BCUT2D eigenvalue weighted by Gasteiger charge is -2.20. The smallest absolute Gasteiger partial charge is 0.0787 e. The van der Waals surface area contributed by atoms with Crippen molar-refractivity contribution in [2.75, 3.05) is 0 Å². The molecule has 0 heterocycles. The third-order valence-electron chi connectivity index (χ3n) is 4.30. The normalized spacial score (nSPS) is 12.9. The monoisotopic (exact) mass is 308 g/mol. The predicted molar refractivity (Wildman–Crippen MR) is 98.8 cm³/mol. The minimum Gasteiger partial charge on any atom is -0.388 e. The Morgan fingerprint density at radius 1 is 0.957 bits per heavy atom. The molecular weight excluding hydrogens is 280 g/mol. The maximum absolute atomic E-state index is 10.4.